The molecule has 0 bridgehead atoms. The summed E-state index contributed by atoms with van der Waals surface area (Å²) in [5.74, 6) is -0.0461. The molecule has 0 spiro atoms. The molecule has 2 fully saturated rings. The van der Waals surface area contributed by atoms with Gasteiger partial charge in [-0.25, -0.2) is 14.8 Å². The third-order valence-electron chi connectivity index (χ3n) is 6.52. The number of aromatic nitrogens is 2. The number of hydrogen-bond acceptors (Lipinski definition) is 6. The van der Waals surface area contributed by atoms with Crippen molar-refractivity contribution in [1.82, 2.24) is 25.1 Å². The van der Waals surface area contributed by atoms with Crippen LogP contribution in [0.3, 0.4) is 0 Å². The summed E-state index contributed by atoms with van der Waals surface area (Å²) in [6.07, 6.45) is 3.67. The van der Waals surface area contributed by atoms with E-state index in [1.165, 1.54) is 0 Å². The molecule has 1 aromatic heterocycles. The topological polar surface area (TPSA) is 98.7 Å². The zero-order valence-electron chi connectivity index (χ0n) is 19.2. The van der Waals surface area contributed by atoms with E-state index in [2.05, 4.69) is 15.3 Å². The second kappa shape index (κ2) is 9.54. The van der Waals surface area contributed by atoms with E-state index >= 15 is 0 Å². The number of nitrogens with one attached hydrogen (secondary N) is 1. The van der Waals surface area contributed by atoms with Crippen LogP contribution in [0.2, 0.25) is 0 Å². The first kappa shape index (κ1) is 22.5. The fraction of sp³-hybridized carbons (Fsp3) is 0.269. The van der Waals surface area contributed by atoms with Gasteiger partial charge in [-0.3, -0.25) is 14.5 Å². The lowest BCUT2D eigenvalue weighted by atomic mass is 9.83. The normalized spacial score (nSPS) is 20.2. The van der Waals surface area contributed by atoms with E-state index in [9.17, 15) is 14.4 Å². The molecule has 0 radical (unpaired) electrons. The number of imide groups is 1. The van der Waals surface area contributed by atoms with Gasteiger partial charge in [-0.2, -0.15) is 0 Å². The zero-order valence-corrected chi connectivity index (χ0v) is 19.2. The third-order valence-corrected chi connectivity index (χ3v) is 6.52. The van der Waals surface area contributed by atoms with Gasteiger partial charge < -0.3 is 15.1 Å². The van der Waals surface area contributed by atoms with E-state index < -0.39 is 17.5 Å². The van der Waals surface area contributed by atoms with Crippen LogP contribution in [-0.2, 0) is 21.5 Å². The molecular weight excluding hydrogens is 444 g/mol. The van der Waals surface area contributed by atoms with Crippen molar-refractivity contribution in [2.75, 3.05) is 37.6 Å². The molecule has 2 aliphatic heterocycles. The number of urea groups is 1. The van der Waals surface area contributed by atoms with Crippen molar-refractivity contribution in [2.45, 2.75) is 12.0 Å². The highest BCUT2D eigenvalue weighted by Crippen LogP contribution is 2.33. The highest BCUT2D eigenvalue weighted by atomic mass is 16.2. The molecule has 4 amide bonds. The maximum Gasteiger partial charge on any atom is 0.325 e. The van der Waals surface area contributed by atoms with Gasteiger partial charge in [0.05, 0.1) is 0 Å². The molecule has 9 heteroatoms. The minimum absolute atomic E-state index is 0.259. The van der Waals surface area contributed by atoms with Gasteiger partial charge in [0.25, 0.3) is 5.91 Å². The van der Waals surface area contributed by atoms with Crippen molar-refractivity contribution >= 4 is 23.8 Å². The Balaban J connectivity index is 1.31. The van der Waals surface area contributed by atoms with Gasteiger partial charge >= 0.3 is 6.03 Å². The molecule has 2 saturated heterocycles. The molecule has 2 aromatic carbocycles. The first-order chi connectivity index (χ1) is 17.1. The Labute approximate surface area is 203 Å². The third kappa shape index (κ3) is 4.44. The van der Waals surface area contributed by atoms with Crippen LogP contribution in [-0.4, -0.2) is 70.3 Å². The highest BCUT2D eigenvalue weighted by molar-refractivity contribution is 6.09. The maximum absolute atomic E-state index is 13.7. The van der Waals surface area contributed by atoms with Crippen molar-refractivity contribution in [2.24, 2.45) is 0 Å². The second-order valence-electron chi connectivity index (χ2n) is 8.67. The molecule has 1 atom stereocenters. The quantitative estimate of drug-likeness (QED) is 0.552. The van der Waals surface area contributed by atoms with Gasteiger partial charge in [0, 0.05) is 45.0 Å². The average Bonchev–Trinajstić information content (AvgIpc) is 3.15. The number of hydrogen-bond donors (Lipinski definition) is 1. The molecule has 0 saturated carbocycles. The molecule has 3 heterocycles. The Morgan fingerprint density at radius 3 is 2.14 bits per heavy atom. The Morgan fingerprint density at radius 2 is 1.49 bits per heavy atom. The molecule has 0 unspecified atom stereocenters. The summed E-state index contributed by atoms with van der Waals surface area (Å²) in [6.45, 7) is 1.80. The van der Waals surface area contributed by atoms with E-state index in [1.807, 2.05) is 65.6 Å². The van der Waals surface area contributed by atoms with Crippen LogP contribution in [0.1, 0.15) is 11.1 Å². The van der Waals surface area contributed by atoms with Gasteiger partial charge in [-0.05, 0) is 17.2 Å². The first-order valence-corrected chi connectivity index (χ1v) is 11.6. The van der Waals surface area contributed by atoms with E-state index in [-0.39, 0.29) is 12.5 Å². The Morgan fingerprint density at radius 1 is 0.857 bits per heavy atom. The SMILES string of the molecule is O=C(CN1C(=O)N[C@@](Cc2ccccc2)(c2ccccc2)C1=O)N1CCN(c2ncccn2)CC1. The fourth-order valence-corrected chi connectivity index (χ4v) is 4.66. The van der Waals surface area contributed by atoms with Gasteiger partial charge in [-0.15, -0.1) is 0 Å². The molecule has 2 aliphatic rings. The number of piperazine rings is 1. The molecule has 35 heavy (non-hydrogen) atoms. The van der Waals surface area contributed by atoms with Crippen LogP contribution in [0.4, 0.5) is 10.7 Å². The smallest absolute Gasteiger partial charge is 0.325 e. The fourth-order valence-electron chi connectivity index (χ4n) is 4.66. The van der Waals surface area contributed by atoms with Crippen LogP contribution in [0.15, 0.2) is 79.1 Å². The highest BCUT2D eigenvalue weighted by Gasteiger charge is 2.53. The number of anilines is 1. The summed E-state index contributed by atoms with van der Waals surface area (Å²) in [4.78, 5) is 53.1. The van der Waals surface area contributed by atoms with Crippen LogP contribution < -0.4 is 10.2 Å². The Kier molecular flexibility index (Phi) is 6.13. The molecule has 1 N–H and O–H groups in total. The van der Waals surface area contributed by atoms with Crippen molar-refractivity contribution in [3.05, 3.63) is 90.3 Å². The van der Waals surface area contributed by atoms with Crippen molar-refractivity contribution in [3.8, 4) is 0 Å². The zero-order chi connectivity index (χ0) is 24.3. The van der Waals surface area contributed by atoms with Crippen LogP contribution in [0, 0.1) is 0 Å². The van der Waals surface area contributed by atoms with E-state index in [1.54, 1.807) is 23.4 Å². The minimum atomic E-state index is -1.26. The Hall–Kier alpha value is -4.27. The number of carbonyl (C=O) groups is 3. The largest absolute Gasteiger partial charge is 0.338 e. The van der Waals surface area contributed by atoms with Crippen molar-refractivity contribution < 1.29 is 14.4 Å². The molecule has 0 aliphatic carbocycles. The maximum atomic E-state index is 13.7. The molecule has 3 aromatic rings. The number of rotatable bonds is 6. The van der Waals surface area contributed by atoms with E-state index in [0.717, 1.165) is 10.5 Å². The van der Waals surface area contributed by atoms with Gasteiger partial charge in [0.2, 0.25) is 11.9 Å². The monoisotopic (exact) mass is 470 g/mol. The van der Waals surface area contributed by atoms with E-state index in [4.69, 9.17) is 0 Å². The lowest BCUT2D eigenvalue weighted by Gasteiger charge is -2.35. The minimum Gasteiger partial charge on any atom is -0.338 e. The molecule has 9 nitrogen and oxygen atoms in total. The summed E-state index contributed by atoms with van der Waals surface area (Å²) in [6, 6.07) is 20.0. The molecular formula is C26H26N6O3. The van der Waals surface area contributed by atoms with Gasteiger partial charge in [-0.1, -0.05) is 60.7 Å². The van der Waals surface area contributed by atoms with Crippen molar-refractivity contribution in [3.63, 3.8) is 0 Å². The van der Waals surface area contributed by atoms with Crippen molar-refractivity contribution in [1.29, 1.82) is 0 Å². The summed E-state index contributed by atoms with van der Waals surface area (Å²) in [5.41, 5.74) is 0.342. The van der Waals surface area contributed by atoms with Gasteiger partial charge in [0.15, 0.2) is 5.54 Å². The summed E-state index contributed by atoms with van der Waals surface area (Å²) in [5, 5.41) is 2.91. The Bertz CT molecular complexity index is 1200. The average molecular weight is 471 g/mol. The predicted octanol–water partition coefficient (Wildman–Crippen LogP) is 1.82. The number of benzene rings is 2. The van der Waals surface area contributed by atoms with Crippen LogP contribution in [0.25, 0.3) is 0 Å². The first-order valence-electron chi connectivity index (χ1n) is 11.6. The number of carbonyl (C=O) groups excluding carboxylic acids is 3. The van der Waals surface area contributed by atoms with Crippen LogP contribution >= 0.6 is 0 Å². The summed E-state index contributed by atoms with van der Waals surface area (Å²) < 4.78 is 0. The second-order valence-corrected chi connectivity index (χ2v) is 8.67. The lowest BCUT2D eigenvalue weighted by Crippen LogP contribution is -2.52. The van der Waals surface area contributed by atoms with Gasteiger partial charge in [0.1, 0.15) is 6.54 Å². The predicted molar refractivity (Wildman–Crippen MR) is 129 cm³/mol. The number of amides is 4. The molecule has 5 rings (SSSR count). The lowest BCUT2D eigenvalue weighted by molar-refractivity contribution is -0.139. The molecule has 178 valence electrons. The summed E-state index contributed by atoms with van der Waals surface area (Å²) >= 11 is 0. The summed E-state index contributed by atoms with van der Waals surface area (Å²) in [7, 11) is 0. The van der Waals surface area contributed by atoms with E-state index in [0.29, 0.717) is 44.1 Å². The number of nitrogens with zero attached hydrogens (tertiary/aromatic N) is 5. The van der Waals surface area contributed by atoms with Crippen LogP contribution in [0.5, 0.6) is 0 Å². The standard InChI is InChI=1S/C26H26N6O3/c33-22(30-14-16-31(17-15-30)24-27-12-7-13-28-24)19-32-23(34)26(29-25(32)35,21-10-5-2-6-11-21)18-20-8-3-1-4-9-20/h1-13H,14-19H2,(H,29,35)/t26-/m0/s1.